The van der Waals surface area contributed by atoms with E-state index in [4.69, 9.17) is 4.74 Å². The molecule has 0 saturated carbocycles. The van der Waals surface area contributed by atoms with E-state index in [0.29, 0.717) is 4.31 Å². The van der Waals surface area contributed by atoms with Crippen molar-refractivity contribution in [3.8, 4) is 0 Å². The van der Waals surface area contributed by atoms with Gasteiger partial charge in [-0.3, -0.25) is 9.59 Å². The smallest absolute Gasteiger partial charge is 0.327 e. The zero-order chi connectivity index (χ0) is 12.7. The molecule has 7 heteroatoms. The van der Waals surface area contributed by atoms with Crippen LogP contribution in [0.3, 0.4) is 0 Å². The van der Waals surface area contributed by atoms with Crippen molar-refractivity contribution >= 4 is 21.9 Å². The quantitative estimate of drug-likeness (QED) is 0.652. The molecule has 6 nitrogen and oxygen atoms in total. The summed E-state index contributed by atoms with van der Waals surface area (Å²) in [5, 5.41) is 0. The third-order valence-corrected chi connectivity index (χ3v) is 4.66. The molecule has 0 N–H and O–H groups in total. The fourth-order valence-electron chi connectivity index (χ4n) is 1.33. The Morgan fingerprint density at radius 2 is 1.94 bits per heavy atom. The molecule has 1 aliphatic rings. The zero-order valence-electron chi connectivity index (χ0n) is 9.68. The van der Waals surface area contributed by atoms with Crippen LogP contribution in [0.25, 0.3) is 0 Å². The van der Waals surface area contributed by atoms with Crippen molar-refractivity contribution in [1.82, 2.24) is 4.31 Å². The highest BCUT2D eigenvalue weighted by Gasteiger charge is 2.60. The van der Waals surface area contributed by atoms with Crippen molar-refractivity contribution in [1.29, 1.82) is 0 Å². The summed E-state index contributed by atoms with van der Waals surface area (Å²) in [5.74, 6) is -1.30. The van der Waals surface area contributed by atoms with Gasteiger partial charge in [0.15, 0.2) is 4.75 Å². The summed E-state index contributed by atoms with van der Waals surface area (Å²) in [7, 11) is -3.70. The number of carbonyl (C=O) groups is 2. The Kier molecular flexibility index (Phi) is 3.02. The van der Waals surface area contributed by atoms with Crippen LogP contribution in [0.5, 0.6) is 0 Å². The molecule has 0 aromatic carbocycles. The van der Waals surface area contributed by atoms with Crippen molar-refractivity contribution in [2.45, 2.75) is 38.5 Å². The molecular formula is C9H15NO5S. The van der Waals surface area contributed by atoms with Crippen molar-refractivity contribution in [2.24, 2.45) is 0 Å². The molecule has 0 atom stereocenters. The molecule has 1 amide bonds. The Morgan fingerprint density at radius 3 is 2.31 bits per heavy atom. The predicted octanol–water partition coefficient (Wildman–Crippen LogP) is -0.111. The fourth-order valence-corrected chi connectivity index (χ4v) is 2.80. The molecule has 0 unspecified atom stereocenters. The zero-order valence-corrected chi connectivity index (χ0v) is 10.5. The van der Waals surface area contributed by atoms with Gasteiger partial charge in [0.25, 0.3) is 15.9 Å². The number of amides is 1. The third kappa shape index (κ3) is 1.79. The largest absolute Gasteiger partial charge is 0.462 e. The molecule has 1 fully saturated rings. The van der Waals surface area contributed by atoms with E-state index in [2.05, 4.69) is 0 Å². The van der Waals surface area contributed by atoms with Crippen molar-refractivity contribution in [3.05, 3.63) is 0 Å². The summed E-state index contributed by atoms with van der Waals surface area (Å²) in [6.07, 6.45) is -0.334. The molecule has 0 aromatic rings. The van der Waals surface area contributed by atoms with Gasteiger partial charge in [0.2, 0.25) is 0 Å². The molecule has 0 spiro atoms. The number of rotatable bonds is 3. The normalized spacial score (nSPS) is 21.8. The summed E-state index contributed by atoms with van der Waals surface area (Å²) in [5.41, 5.74) is 0. The monoisotopic (exact) mass is 249 g/mol. The van der Waals surface area contributed by atoms with Gasteiger partial charge in [0.05, 0.1) is 6.10 Å². The number of sulfonamides is 1. The highest BCUT2D eigenvalue weighted by Crippen LogP contribution is 2.34. The van der Waals surface area contributed by atoms with Crippen LogP contribution < -0.4 is 0 Å². The Bertz CT molecular complexity index is 423. The first-order valence-corrected chi connectivity index (χ1v) is 6.31. The molecule has 1 heterocycles. The molecule has 1 saturated heterocycles. The molecule has 1 rings (SSSR count). The van der Waals surface area contributed by atoms with Gasteiger partial charge >= 0.3 is 5.97 Å². The van der Waals surface area contributed by atoms with Gasteiger partial charge in [-0.05, 0) is 27.7 Å². The van der Waals surface area contributed by atoms with E-state index in [-0.39, 0.29) is 6.10 Å². The average molecular weight is 249 g/mol. The molecule has 0 aliphatic carbocycles. The van der Waals surface area contributed by atoms with Crippen molar-refractivity contribution in [3.63, 3.8) is 0 Å². The summed E-state index contributed by atoms with van der Waals surface area (Å²) in [6.45, 7) is 5.38. The Labute approximate surface area is 94.6 Å². The van der Waals surface area contributed by atoms with Gasteiger partial charge in [-0.2, -0.15) is 0 Å². The van der Waals surface area contributed by atoms with E-state index in [1.54, 1.807) is 13.8 Å². The van der Waals surface area contributed by atoms with Crippen LogP contribution in [-0.2, 0) is 24.3 Å². The van der Waals surface area contributed by atoms with Gasteiger partial charge in [-0.15, -0.1) is 0 Å². The molecule has 0 radical (unpaired) electrons. The number of carbonyl (C=O) groups excluding carboxylic acids is 2. The Morgan fingerprint density at radius 1 is 1.44 bits per heavy atom. The topological polar surface area (TPSA) is 80.8 Å². The van der Waals surface area contributed by atoms with E-state index in [9.17, 15) is 18.0 Å². The molecule has 16 heavy (non-hydrogen) atoms. The molecule has 92 valence electrons. The van der Waals surface area contributed by atoms with Crippen LogP contribution in [0.15, 0.2) is 0 Å². The SMILES string of the molecule is CC(C)OC(=O)CN1C(=O)C(C)(C)S1(=O)=O. The second-order valence-electron chi connectivity index (χ2n) is 4.37. The summed E-state index contributed by atoms with van der Waals surface area (Å²) in [6, 6.07) is 0. The van der Waals surface area contributed by atoms with Gasteiger partial charge in [-0.25, -0.2) is 12.7 Å². The third-order valence-electron chi connectivity index (χ3n) is 2.32. The van der Waals surface area contributed by atoms with E-state index in [1.165, 1.54) is 13.8 Å². The molecule has 0 bridgehead atoms. The lowest BCUT2D eigenvalue weighted by atomic mass is 10.2. The van der Waals surface area contributed by atoms with Crippen LogP contribution in [0.1, 0.15) is 27.7 Å². The summed E-state index contributed by atoms with van der Waals surface area (Å²) in [4.78, 5) is 22.7. The van der Waals surface area contributed by atoms with Crippen LogP contribution in [0, 0.1) is 0 Å². The maximum atomic E-state index is 11.6. The van der Waals surface area contributed by atoms with Crippen molar-refractivity contribution < 1.29 is 22.7 Å². The number of nitrogens with zero attached hydrogens (tertiary/aromatic N) is 1. The lowest BCUT2D eigenvalue weighted by Gasteiger charge is -2.42. The van der Waals surface area contributed by atoms with Gasteiger partial charge in [-0.1, -0.05) is 0 Å². The minimum absolute atomic E-state index is 0.334. The average Bonchev–Trinajstić information content (AvgIpc) is 2.11. The maximum Gasteiger partial charge on any atom is 0.327 e. The van der Waals surface area contributed by atoms with Crippen LogP contribution in [-0.4, -0.2) is 42.0 Å². The highest BCUT2D eigenvalue weighted by molar-refractivity contribution is 7.94. The predicted molar refractivity (Wildman–Crippen MR) is 55.9 cm³/mol. The first-order valence-electron chi connectivity index (χ1n) is 4.87. The van der Waals surface area contributed by atoms with E-state index in [1.807, 2.05) is 0 Å². The molecular weight excluding hydrogens is 234 g/mol. The minimum atomic E-state index is -3.70. The second kappa shape index (κ2) is 3.73. The summed E-state index contributed by atoms with van der Waals surface area (Å²) >= 11 is 0. The van der Waals surface area contributed by atoms with Gasteiger partial charge in [0.1, 0.15) is 6.54 Å². The van der Waals surface area contributed by atoms with Gasteiger partial charge < -0.3 is 4.74 Å². The lowest BCUT2D eigenvalue weighted by molar-refractivity contribution is -0.151. The molecule has 0 aromatic heterocycles. The van der Waals surface area contributed by atoms with E-state index in [0.717, 1.165) is 0 Å². The number of ether oxygens (including phenoxy) is 1. The van der Waals surface area contributed by atoms with Crippen LogP contribution in [0.2, 0.25) is 0 Å². The fraction of sp³-hybridized carbons (Fsp3) is 0.778. The second-order valence-corrected chi connectivity index (χ2v) is 6.78. The first kappa shape index (κ1) is 13.0. The molecule has 1 aliphatic heterocycles. The van der Waals surface area contributed by atoms with Crippen molar-refractivity contribution in [2.75, 3.05) is 6.54 Å². The first-order chi connectivity index (χ1) is 7.10. The summed E-state index contributed by atoms with van der Waals surface area (Å²) < 4.78 is 27.1. The number of hydrogen-bond acceptors (Lipinski definition) is 5. The Balaban J connectivity index is 2.73. The highest BCUT2D eigenvalue weighted by atomic mass is 32.2. The maximum absolute atomic E-state index is 11.6. The Hall–Kier alpha value is -1.11. The van der Waals surface area contributed by atoms with E-state index < -0.39 is 33.2 Å². The standard InChI is InChI=1S/C9H15NO5S/c1-6(2)15-7(11)5-10-8(12)9(3,4)16(10,13)14/h6H,5H2,1-4H3. The minimum Gasteiger partial charge on any atom is -0.462 e. The van der Waals surface area contributed by atoms with Crippen LogP contribution in [0.4, 0.5) is 0 Å². The number of esters is 1. The van der Waals surface area contributed by atoms with Crippen LogP contribution >= 0.6 is 0 Å². The van der Waals surface area contributed by atoms with E-state index >= 15 is 0 Å². The lowest BCUT2D eigenvalue weighted by Crippen LogP contribution is -2.68. The number of hydrogen-bond donors (Lipinski definition) is 0. The van der Waals surface area contributed by atoms with Gasteiger partial charge in [0, 0.05) is 0 Å².